The minimum atomic E-state index is -3.61. The van der Waals surface area contributed by atoms with E-state index in [0.717, 1.165) is 23.9 Å². The third-order valence-electron chi connectivity index (χ3n) is 6.69. The Morgan fingerprint density at radius 1 is 1.00 bits per heavy atom. The van der Waals surface area contributed by atoms with Gasteiger partial charge in [0.1, 0.15) is 18.3 Å². The lowest BCUT2D eigenvalue weighted by atomic mass is 10.0. The molecule has 2 aromatic heterocycles. The fraction of sp³-hybridized carbons (Fsp3) is 0.345. The highest BCUT2D eigenvalue weighted by molar-refractivity contribution is 7.92. The van der Waals surface area contributed by atoms with E-state index >= 15 is 0 Å². The molecule has 2 heterocycles. The van der Waals surface area contributed by atoms with Crippen LogP contribution in [-0.4, -0.2) is 38.0 Å². The van der Waals surface area contributed by atoms with Crippen molar-refractivity contribution in [3.05, 3.63) is 76.3 Å². The first-order valence-corrected chi connectivity index (χ1v) is 18.6. The minimum absolute atomic E-state index is 0.137. The van der Waals surface area contributed by atoms with Crippen molar-refractivity contribution >= 4 is 34.7 Å². The second kappa shape index (κ2) is 11.8. The van der Waals surface area contributed by atoms with E-state index in [0.29, 0.717) is 28.6 Å². The molecule has 0 spiro atoms. The first-order chi connectivity index (χ1) is 19.2. The van der Waals surface area contributed by atoms with Crippen LogP contribution in [0.15, 0.2) is 53.5 Å². The summed E-state index contributed by atoms with van der Waals surface area (Å²) < 4.78 is 70.7. The number of hydrogen-bond acceptors (Lipinski definition) is 5. The van der Waals surface area contributed by atoms with E-state index in [1.54, 1.807) is 25.4 Å². The summed E-state index contributed by atoms with van der Waals surface area (Å²) in [6, 6.07) is 10.3. The van der Waals surface area contributed by atoms with Crippen molar-refractivity contribution in [3.63, 3.8) is 0 Å². The van der Waals surface area contributed by atoms with Gasteiger partial charge in [-0.1, -0.05) is 19.6 Å². The van der Waals surface area contributed by atoms with E-state index in [1.165, 1.54) is 29.7 Å². The highest BCUT2D eigenvalue weighted by Crippen LogP contribution is 2.40. The molecule has 0 fully saturated rings. The van der Waals surface area contributed by atoms with E-state index < -0.39 is 29.7 Å². The van der Waals surface area contributed by atoms with Gasteiger partial charge in [-0.2, -0.15) is 0 Å². The highest BCUT2D eigenvalue weighted by Gasteiger charge is 2.21. The Kier molecular flexibility index (Phi) is 8.76. The summed E-state index contributed by atoms with van der Waals surface area (Å²) in [7, 11) is -3.32. The molecule has 12 heteroatoms. The second-order valence-corrected chi connectivity index (χ2v) is 18.8. The van der Waals surface area contributed by atoms with Crippen LogP contribution in [0.4, 0.5) is 14.5 Å². The van der Waals surface area contributed by atoms with Gasteiger partial charge < -0.3 is 18.6 Å². The maximum atomic E-state index is 14.6. The van der Waals surface area contributed by atoms with Gasteiger partial charge in [0.2, 0.25) is 10.0 Å². The molecule has 41 heavy (non-hydrogen) atoms. The number of halogens is 2. The van der Waals surface area contributed by atoms with Crippen molar-refractivity contribution < 1.29 is 26.7 Å². The number of sulfonamides is 1. The molecule has 8 nitrogen and oxygen atoms in total. The molecule has 2 aromatic carbocycles. The van der Waals surface area contributed by atoms with Crippen LogP contribution in [0.5, 0.6) is 11.5 Å². The van der Waals surface area contributed by atoms with Crippen LogP contribution in [-0.2, 0) is 28.5 Å². The molecule has 0 aliphatic heterocycles. The summed E-state index contributed by atoms with van der Waals surface area (Å²) in [6.45, 7) is 11.0. The van der Waals surface area contributed by atoms with Gasteiger partial charge in [0.15, 0.2) is 11.6 Å². The quantitative estimate of drug-likeness (QED) is 0.157. The lowest BCUT2D eigenvalue weighted by Gasteiger charge is -2.19. The van der Waals surface area contributed by atoms with Crippen LogP contribution in [0.1, 0.15) is 12.6 Å². The molecule has 1 N–H and O–H groups in total. The largest absolute Gasteiger partial charge is 0.454 e. The second-order valence-electron chi connectivity index (χ2n) is 11.2. The smallest absolute Gasteiger partial charge is 0.259 e. The van der Waals surface area contributed by atoms with Gasteiger partial charge in [0.05, 0.1) is 16.7 Å². The van der Waals surface area contributed by atoms with Crippen molar-refractivity contribution in [1.82, 2.24) is 9.13 Å². The monoisotopic (exact) mass is 603 g/mol. The molecule has 0 aliphatic carbocycles. The van der Waals surface area contributed by atoms with Crippen LogP contribution >= 0.6 is 0 Å². The van der Waals surface area contributed by atoms with Crippen LogP contribution in [0.25, 0.3) is 22.0 Å². The maximum Gasteiger partial charge on any atom is 0.259 e. The molecule has 0 saturated heterocycles. The fourth-order valence-corrected chi connectivity index (χ4v) is 5.74. The zero-order chi connectivity index (χ0) is 30.1. The van der Waals surface area contributed by atoms with Crippen LogP contribution < -0.4 is 15.0 Å². The van der Waals surface area contributed by atoms with E-state index in [1.807, 2.05) is 11.5 Å². The number of fused-ring (bicyclic) bond motifs is 1. The molecular weight excluding hydrogens is 568 g/mol. The SMILES string of the molecule is CCS(=O)(=O)Nc1ccc(Oc2ccc(F)cc2F)c(-c2cn(C)c(=O)c3cc(C)n(COCC[Si](C)(C)C)c23)c1. The Labute approximate surface area is 239 Å². The lowest BCUT2D eigenvalue weighted by Crippen LogP contribution is -2.22. The number of rotatable bonds is 11. The molecule has 0 bridgehead atoms. The molecule has 4 aromatic rings. The molecule has 0 saturated carbocycles. The zero-order valence-electron chi connectivity index (χ0n) is 24.0. The fourth-order valence-electron chi connectivity index (χ4n) is 4.35. The average Bonchev–Trinajstić information content (AvgIpc) is 3.22. The summed E-state index contributed by atoms with van der Waals surface area (Å²) in [5, 5.41) is 0.440. The van der Waals surface area contributed by atoms with Gasteiger partial charge >= 0.3 is 0 Å². The summed E-state index contributed by atoms with van der Waals surface area (Å²) in [4.78, 5) is 13.2. The van der Waals surface area contributed by atoms with E-state index in [2.05, 4.69) is 24.4 Å². The minimum Gasteiger partial charge on any atom is -0.454 e. The zero-order valence-corrected chi connectivity index (χ0v) is 25.9. The number of pyridine rings is 1. The van der Waals surface area contributed by atoms with Gasteiger partial charge in [0.25, 0.3) is 5.56 Å². The Balaban J connectivity index is 1.91. The van der Waals surface area contributed by atoms with Gasteiger partial charge in [-0.15, -0.1) is 0 Å². The average molecular weight is 604 g/mol. The van der Waals surface area contributed by atoms with E-state index in [4.69, 9.17) is 9.47 Å². The number of aryl methyl sites for hydroxylation is 2. The predicted molar refractivity (Wildman–Crippen MR) is 161 cm³/mol. The summed E-state index contributed by atoms with van der Waals surface area (Å²) in [5.41, 5.74) is 2.34. The number of nitrogens with one attached hydrogen (secondary N) is 1. The summed E-state index contributed by atoms with van der Waals surface area (Å²) >= 11 is 0. The van der Waals surface area contributed by atoms with Crippen molar-refractivity contribution in [1.29, 1.82) is 0 Å². The first-order valence-electron chi connectivity index (χ1n) is 13.2. The third-order valence-corrected chi connectivity index (χ3v) is 9.70. The summed E-state index contributed by atoms with van der Waals surface area (Å²) in [5.74, 6) is -1.81. The normalized spacial score (nSPS) is 12.2. The molecule has 0 atom stereocenters. The number of hydrogen-bond donors (Lipinski definition) is 1. The molecule has 0 aliphatic rings. The van der Waals surface area contributed by atoms with Gasteiger partial charge in [-0.3, -0.25) is 9.52 Å². The van der Waals surface area contributed by atoms with Crippen LogP contribution in [0, 0.1) is 18.6 Å². The lowest BCUT2D eigenvalue weighted by molar-refractivity contribution is 0.0890. The third kappa shape index (κ3) is 7.06. The molecule has 4 rings (SSSR count). The molecule has 0 amide bonds. The molecule has 0 unspecified atom stereocenters. The number of benzene rings is 2. The number of nitrogens with zero attached hydrogens (tertiary/aromatic N) is 2. The number of aromatic nitrogens is 2. The Hall–Kier alpha value is -3.48. The number of ether oxygens (including phenoxy) is 2. The topological polar surface area (TPSA) is 91.6 Å². The van der Waals surface area contributed by atoms with Crippen molar-refractivity contribution in [2.24, 2.45) is 7.05 Å². The molecule has 0 radical (unpaired) electrons. The van der Waals surface area contributed by atoms with Crippen molar-refractivity contribution in [2.45, 2.75) is 46.3 Å². The number of anilines is 1. The predicted octanol–water partition coefficient (Wildman–Crippen LogP) is 6.46. The Bertz CT molecular complexity index is 1760. The van der Waals surface area contributed by atoms with E-state index in [9.17, 15) is 22.0 Å². The van der Waals surface area contributed by atoms with Gasteiger partial charge in [-0.05, 0) is 56.3 Å². The van der Waals surface area contributed by atoms with Crippen LogP contribution in [0.2, 0.25) is 25.7 Å². The van der Waals surface area contributed by atoms with Gasteiger partial charge in [0, 0.05) is 56.5 Å². The maximum absolute atomic E-state index is 14.6. The Morgan fingerprint density at radius 2 is 1.71 bits per heavy atom. The van der Waals surface area contributed by atoms with Gasteiger partial charge in [-0.25, -0.2) is 17.2 Å². The van der Waals surface area contributed by atoms with Crippen molar-refractivity contribution in [2.75, 3.05) is 17.1 Å². The van der Waals surface area contributed by atoms with Crippen LogP contribution in [0.3, 0.4) is 0 Å². The molecular formula is C29H35F2N3O5SSi. The first kappa shape index (κ1) is 30.5. The highest BCUT2D eigenvalue weighted by atomic mass is 32.2. The molecule has 220 valence electrons. The summed E-state index contributed by atoms with van der Waals surface area (Å²) in [6.07, 6.45) is 1.63. The van der Waals surface area contributed by atoms with E-state index in [-0.39, 0.29) is 35.2 Å². The standard InChI is InChI=1S/C29H35F2N3O5SSi/c1-7-40(36,37)32-21-9-11-26(39-27-10-8-20(30)15-25(27)31)22(16-21)24-17-33(3)29(35)23-14-19(2)34(28(23)24)18-38-12-13-41(4,5)6/h8-11,14-17,32H,7,12-13,18H2,1-6H3. The van der Waals surface area contributed by atoms with Crippen molar-refractivity contribution in [3.8, 4) is 22.6 Å². The Morgan fingerprint density at radius 3 is 2.37 bits per heavy atom.